The number of amides is 5. The van der Waals surface area contributed by atoms with Crippen LogP contribution in [-0.2, 0) is 37.0 Å². The first-order chi connectivity index (χ1) is 20.7. The van der Waals surface area contributed by atoms with Gasteiger partial charge in [-0.1, -0.05) is 58.0 Å². The van der Waals surface area contributed by atoms with E-state index in [4.69, 9.17) is 4.74 Å². The number of hydrogen-bond donors (Lipinski definition) is 3. The molecule has 1 fully saturated rings. The van der Waals surface area contributed by atoms with Gasteiger partial charge in [-0.3, -0.25) is 34.6 Å². The van der Waals surface area contributed by atoms with Crippen molar-refractivity contribution in [3.05, 3.63) is 65.2 Å². The minimum absolute atomic E-state index is 0.133. The summed E-state index contributed by atoms with van der Waals surface area (Å²) in [4.78, 5) is 75.6. The summed E-state index contributed by atoms with van der Waals surface area (Å²) in [7, 11) is 3.03. The van der Waals surface area contributed by atoms with Gasteiger partial charge in [0.2, 0.25) is 17.7 Å². The predicted octanol–water partition coefficient (Wildman–Crippen LogP) is 3.27. The first kappa shape index (κ1) is 31.9. The highest BCUT2D eigenvalue weighted by atomic mass is 33.1. The lowest BCUT2D eigenvalue weighted by Gasteiger charge is -2.29. The third kappa shape index (κ3) is 8.97. The number of nitrogens with zero attached hydrogens (tertiary/aromatic N) is 2. The molecule has 43 heavy (non-hydrogen) atoms. The van der Waals surface area contributed by atoms with Crippen molar-refractivity contribution in [3.63, 3.8) is 0 Å². The Kier molecular flexibility index (Phi) is 11.4. The van der Waals surface area contributed by atoms with Gasteiger partial charge < -0.3 is 19.6 Å². The molecule has 12 nitrogen and oxygen atoms in total. The van der Waals surface area contributed by atoms with E-state index in [0.717, 1.165) is 5.56 Å². The maximum atomic E-state index is 12.9. The summed E-state index contributed by atoms with van der Waals surface area (Å²) in [5, 5.41) is 14.1. The average Bonchev–Trinajstić information content (AvgIpc) is 3.31. The Morgan fingerprint density at radius 1 is 1.05 bits per heavy atom. The maximum Gasteiger partial charge on any atom is 0.411 e. The molecule has 2 heterocycles. The molecule has 0 aromatic heterocycles. The molecule has 1 atom stereocenters. The predicted molar refractivity (Wildman–Crippen MR) is 161 cm³/mol. The van der Waals surface area contributed by atoms with Crippen LogP contribution in [0.25, 0.3) is 0 Å². The number of carboxylic acids is 1. The summed E-state index contributed by atoms with van der Waals surface area (Å²) >= 11 is 0. The number of nitrogens with one attached hydrogen (secondary N) is 2. The van der Waals surface area contributed by atoms with Crippen LogP contribution in [0.2, 0.25) is 0 Å². The molecule has 0 saturated carbocycles. The van der Waals surface area contributed by atoms with Crippen molar-refractivity contribution in [1.82, 2.24) is 15.1 Å². The Morgan fingerprint density at radius 2 is 1.81 bits per heavy atom. The van der Waals surface area contributed by atoms with E-state index in [2.05, 4.69) is 10.6 Å². The Hall–Kier alpha value is -4.04. The molecule has 228 valence electrons. The van der Waals surface area contributed by atoms with E-state index in [1.165, 1.54) is 31.4 Å². The van der Waals surface area contributed by atoms with Gasteiger partial charge in [0.1, 0.15) is 12.6 Å². The largest absolute Gasteiger partial charge is 0.480 e. The molecule has 3 N–H and O–H groups in total. The number of carbonyl (C=O) groups is 6. The van der Waals surface area contributed by atoms with Crippen LogP contribution in [0.15, 0.2) is 48.5 Å². The molecule has 0 bridgehead atoms. The molecule has 1 saturated heterocycles. The van der Waals surface area contributed by atoms with Crippen LogP contribution in [0, 0.1) is 0 Å². The molecule has 2 aromatic rings. The zero-order valence-corrected chi connectivity index (χ0v) is 24.9. The molecule has 0 spiro atoms. The number of benzene rings is 2. The van der Waals surface area contributed by atoms with Crippen LogP contribution in [0.5, 0.6) is 0 Å². The molecule has 2 aliphatic rings. The first-order valence-electron chi connectivity index (χ1n) is 13.7. The van der Waals surface area contributed by atoms with E-state index in [1.807, 2.05) is 30.3 Å². The van der Waals surface area contributed by atoms with Gasteiger partial charge in [-0.25, -0.2) is 4.79 Å². The van der Waals surface area contributed by atoms with Crippen LogP contribution in [-0.4, -0.2) is 81.3 Å². The number of imide groups is 1. The third-order valence-electron chi connectivity index (χ3n) is 6.80. The number of rotatable bonds is 14. The van der Waals surface area contributed by atoms with Crippen LogP contribution in [0.3, 0.4) is 0 Å². The van der Waals surface area contributed by atoms with E-state index in [1.54, 1.807) is 18.2 Å². The number of aliphatic carboxylic acids is 1. The number of fused-ring (bicyclic) bond motifs is 1. The Labute approximate surface area is 256 Å². The van der Waals surface area contributed by atoms with Crippen LogP contribution < -0.4 is 10.6 Å². The lowest BCUT2D eigenvalue weighted by molar-refractivity contribution is -0.144. The molecule has 5 amide bonds. The third-order valence-corrected chi connectivity index (χ3v) is 9.29. The minimum atomic E-state index is -1.06. The normalized spacial score (nSPS) is 16.0. The summed E-state index contributed by atoms with van der Waals surface area (Å²) < 4.78 is 5.29. The second-order valence-corrected chi connectivity index (χ2v) is 12.6. The quantitative estimate of drug-likeness (QED) is 0.161. The van der Waals surface area contributed by atoms with Crippen LogP contribution in [0.4, 0.5) is 10.5 Å². The SMILES string of the molecule is O=C(O)CN(Cc1ccccc1)C(=O)CCSSCCCOC(=O)Nc1cccc2c1CN(C1CCC(=O)NC1=O)C2=O. The molecule has 4 rings (SSSR count). The van der Waals surface area contributed by atoms with E-state index in [0.29, 0.717) is 34.7 Å². The molecular weight excluding hydrogens is 596 g/mol. The lowest BCUT2D eigenvalue weighted by Crippen LogP contribution is -2.52. The number of hydrogen-bond acceptors (Lipinski definition) is 9. The molecule has 14 heteroatoms. The fourth-order valence-corrected chi connectivity index (χ4v) is 6.78. The highest BCUT2D eigenvalue weighted by molar-refractivity contribution is 8.76. The van der Waals surface area contributed by atoms with Gasteiger partial charge in [0.15, 0.2) is 0 Å². The van der Waals surface area contributed by atoms with Crippen molar-refractivity contribution in [1.29, 1.82) is 0 Å². The van der Waals surface area contributed by atoms with E-state index in [-0.39, 0.29) is 63.2 Å². The van der Waals surface area contributed by atoms with Gasteiger partial charge in [0, 0.05) is 54.3 Å². The number of ether oxygens (including phenoxy) is 1. The molecular formula is C29H32N4O8S2. The molecule has 2 aromatic carbocycles. The van der Waals surface area contributed by atoms with Gasteiger partial charge in [-0.2, -0.15) is 0 Å². The van der Waals surface area contributed by atoms with Crippen molar-refractivity contribution in [2.45, 2.75) is 44.8 Å². The van der Waals surface area contributed by atoms with Crippen LogP contribution in [0.1, 0.15) is 47.2 Å². The number of carboxylic acid groups (broad SMARTS) is 1. The van der Waals surface area contributed by atoms with E-state index < -0.39 is 24.0 Å². The Balaban J connectivity index is 1.14. The zero-order valence-electron chi connectivity index (χ0n) is 23.3. The summed E-state index contributed by atoms with van der Waals surface area (Å²) in [6.45, 7) is 0.181. The topological polar surface area (TPSA) is 162 Å². The molecule has 0 radical (unpaired) electrons. The molecule has 1 unspecified atom stereocenters. The standard InChI is InChI=1S/C29H32N4O8S2/c34-24-11-10-23(27(38)31-24)33-17-21-20(28(33)39)8-4-9-22(21)30-29(40)41-13-5-14-42-43-15-12-25(35)32(18-26(36)37)16-19-6-2-1-3-7-19/h1-4,6-9,23H,5,10-18H2,(H,30,40)(H,36,37)(H,31,34,38). The van der Waals surface area contributed by atoms with Gasteiger partial charge in [0.25, 0.3) is 5.91 Å². The highest BCUT2D eigenvalue weighted by Gasteiger charge is 2.40. The first-order valence-corrected chi connectivity index (χ1v) is 16.2. The second kappa shape index (κ2) is 15.4. The number of carbonyl (C=O) groups excluding carboxylic acids is 5. The van der Waals surface area contributed by atoms with E-state index in [9.17, 15) is 33.9 Å². The zero-order chi connectivity index (χ0) is 30.8. The smallest absolute Gasteiger partial charge is 0.411 e. The lowest BCUT2D eigenvalue weighted by atomic mass is 10.0. The average molecular weight is 629 g/mol. The summed E-state index contributed by atoms with van der Waals surface area (Å²) in [6, 6.07) is 13.4. The Bertz CT molecular complexity index is 1370. The van der Waals surface area contributed by atoms with Crippen LogP contribution >= 0.6 is 21.6 Å². The van der Waals surface area contributed by atoms with Crippen molar-refractivity contribution in [2.24, 2.45) is 0 Å². The van der Waals surface area contributed by atoms with Gasteiger partial charge >= 0.3 is 12.1 Å². The van der Waals surface area contributed by atoms with Gasteiger partial charge in [-0.05, 0) is 30.5 Å². The van der Waals surface area contributed by atoms with Crippen molar-refractivity contribution in [2.75, 3.05) is 30.0 Å². The Morgan fingerprint density at radius 3 is 2.56 bits per heavy atom. The summed E-state index contributed by atoms with van der Waals surface area (Å²) in [5.74, 6) is -1.29. The fourth-order valence-electron chi connectivity index (χ4n) is 4.74. The van der Waals surface area contributed by atoms with Crippen molar-refractivity contribution in [3.8, 4) is 0 Å². The molecule has 2 aliphatic heterocycles. The van der Waals surface area contributed by atoms with Gasteiger partial charge in [0.05, 0.1) is 6.61 Å². The maximum absolute atomic E-state index is 12.9. The van der Waals surface area contributed by atoms with Crippen molar-refractivity contribution >= 4 is 63.0 Å². The second-order valence-electron chi connectivity index (χ2n) is 9.87. The summed E-state index contributed by atoms with van der Waals surface area (Å²) in [6.07, 6.45) is 0.525. The van der Waals surface area contributed by atoms with Gasteiger partial charge in [-0.15, -0.1) is 0 Å². The van der Waals surface area contributed by atoms with Crippen molar-refractivity contribution < 1.29 is 38.6 Å². The fraction of sp³-hybridized carbons (Fsp3) is 0.379. The number of anilines is 1. The summed E-state index contributed by atoms with van der Waals surface area (Å²) in [5.41, 5.74) is 2.26. The highest BCUT2D eigenvalue weighted by Crippen LogP contribution is 2.32. The van der Waals surface area contributed by atoms with E-state index >= 15 is 0 Å². The monoisotopic (exact) mass is 628 g/mol. The molecule has 0 aliphatic carbocycles. The number of piperidine rings is 1. The minimum Gasteiger partial charge on any atom is -0.480 e.